The molecule has 78 valence electrons. The summed E-state index contributed by atoms with van der Waals surface area (Å²) in [4.78, 5) is 4.24. The minimum atomic E-state index is 0.528. The molecule has 0 atom stereocenters. The van der Waals surface area contributed by atoms with Crippen LogP contribution in [0.1, 0.15) is 0 Å². The Morgan fingerprint density at radius 3 is 3.00 bits per heavy atom. The lowest BCUT2D eigenvalue weighted by atomic mass is 10.3. The van der Waals surface area contributed by atoms with Crippen molar-refractivity contribution in [3.63, 3.8) is 0 Å². The van der Waals surface area contributed by atoms with E-state index in [1.165, 1.54) is 11.8 Å². The Kier molecular flexibility index (Phi) is 4.95. The molecule has 0 unspecified atom stereocenters. The third-order valence-electron chi connectivity index (χ3n) is 1.49. The maximum absolute atomic E-state index is 8.48. The maximum Gasteiger partial charge on any atom is 0.183 e. The molecular weight excluding hydrogens is 298 g/mol. The Morgan fingerprint density at radius 2 is 2.40 bits per heavy atom. The minimum Gasteiger partial charge on any atom is -0.271 e. The molecule has 3 nitrogen and oxygen atoms in total. The second-order valence-electron chi connectivity index (χ2n) is 2.45. The molecule has 0 aliphatic rings. The van der Waals surface area contributed by atoms with Gasteiger partial charge in [-0.3, -0.25) is 5.32 Å². The van der Waals surface area contributed by atoms with Crippen molar-refractivity contribution in [2.24, 2.45) is 4.99 Å². The van der Waals surface area contributed by atoms with Gasteiger partial charge in [-0.15, -0.1) is 0 Å². The van der Waals surface area contributed by atoms with Crippen LogP contribution >= 0.6 is 39.3 Å². The second-order valence-corrected chi connectivity index (χ2v) is 4.54. The monoisotopic (exact) mass is 303 g/mol. The van der Waals surface area contributed by atoms with Crippen molar-refractivity contribution in [2.45, 2.75) is 0 Å². The van der Waals surface area contributed by atoms with Crippen molar-refractivity contribution < 1.29 is 0 Å². The first-order valence-corrected chi connectivity index (χ1v) is 6.29. The van der Waals surface area contributed by atoms with E-state index < -0.39 is 0 Å². The van der Waals surface area contributed by atoms with Gasteiger partial charge in [-0.1, -0.05) is 23.4 Å². The molecular formula is C9H7BrClN3S. The lowest BCUT2D eigenvalue weighted by Crippen LogP contribution is -2.12. The number of thioether (sulfide) groups is 1. The van der Waals surface area contributed by atoms with E-state index in [1.54, 1.807) is 12.1 Å². The number of hydrogen-bond acceptors (Lipinski definition) is 3. The summed E-state index contributed by atoms with van der Waals surface area (Å²) >= 11 is 10.5. The first-order chi connectivity index (χ1) is 7.17. The maximum atomic E-state index is 8.48. The quantitative estimate of drug-likeness (QED) is 0.374. The van der Waals surface area contributed by atoms with Crippen LogP contribution in [0.3, 0.4) is 0 Å². The van der Waals surface area contributed by atoms with Gasteiger partial charge in [0.25, 0.3) is 0 Å². The lowest BCUT2D eigenvalue weighted by Gasteiger charge is -2.02. The molecule has 0 aliphatic carbocycles. The van der Waals surface area contributed by atoms with Gasteiger partial charge in [-0.2, -0.15) is 5.26 Å². The van der Waals surface area contributed by atoms with E-state index in [0.717, 1.165) is 4.47 Å². The van der Waals surface area contributed by atoms with E-state index in [4.69, 9.17) is 16.9 Å². The molecule has 0 aliphatic heterocycles. The summed E-state index contributed by atoms with van der Waals surface area (Å²) < 4.78 is 0.832. The first kappa shape index (κ1) is 12.4. The highest BCUT2D eigenvalue weighted by atomic mass is 79.9. The van der Waals surface area contributed by atoms with Crippen LogP contribution in [0.2, 0.25) is 5.02 Å². The first-order valence-electron chi connectivity index (χ1n) is 3.90. The van der Waals surface area contributed by atoms with E-state index in [2.05, 4.69) is 26.2 Å². The topological polar surface area (TPSA) is 48.2 Å². The molecule has 0 saturated heterocycles. The van der Waals surface area contributed by atoms with Gasteiger partial charge in [0.1, 0.15) is 0 Å². The Labute approximate surface area is 106 Å². The summed E-state index contributed by atoms with van der Waals surface area (Å²) in [6.07, 6.45) is 3.66. The number of benzene rings is 1. The van der Waals surface area contributed by atoms with Gasteiger partial charge in [0, 0.05) is 9.50 Å². The standard InChI is InChI=1S/C9H7BrClN3S/c1-15-9(13-5-12)14-8-4-6(11)2-3-7(8)10/h2-4H,1H3,(H,13,14). The zero-order chi connectivity index (χ0) is 11.3. The fraction of sp³-hybridized carbons (Fsp3) is 0.111. The average molecular weight is 305 g/mol. The molecule has 6 heteroatoms. The molecule has 1 rings (SSSR count). The van der Waals surface area contributed by atoms with Crippen LogP contribution in [0.4, 0.5) is 5.69 Å². The zero-order valence-electron chi connectivity index (χ0n) is 7.79. The smallest absolute Gasteiger partial charge is 0.183 e. The Bertz CT molecular complexity index is 428. The molecule has 0 heterocycles. The van der Waals surface area contributed by atoms with Crippen molar-refractivity contribution in [1.82, 2.24) is 5.32 Å². The van der Waals surface area contributed by atoms with Gasteiger partial charge < -0.3 is 0 Å². The van der Waals surface area contributed by atoms with E-state index in [0.29, 0.717) is 15.9 Å². The second kappa shape index (κ2) is 6.01. The lowest BCUT2D eigenvalue weighted by molar-refractivity contribution is 1.28. The number of nitrogens with one attached hydrogen (secondary N) is 1. The van der Waals surface area contributed by atoms with Gasteiger partial charge in [-0.05, 0) is 40.4 Å². The normalized spacial score (nSPS) is 10.9. The Morgan fingerprint density at radius 1 is 1.67 bits per heavy atom. The Balaban J connectivity index is 3.05. The van der Waals surface area contributed by atoms with Crippen LogP contribution in [-0.2, 0) is 0 Å². The highest BCUT2D eigenvalue weighted by Crippen LogP contribution is 2.29. The molecule has 1 N–H and O–H groups in total. The molecule has 0 radical (unpaired) electrons. The number of halogens is 2. The number of aliphatic imine (C=N–C) groups is 1. The fourth-order valence-electron chi connectivity index (χ4n) is 0.853. The van der Waals surface area contributed by atoms with Crippen LogP contribution in [0, 0.1) is 11.5 Å². The summed E-state index contributed by atoms with van der Waals surface area (Å²) in [6, 6.07) is 5.30. The van der Waals surface area contributed by atoms with Crippen LogP contribution in [0.15, 0.2) is 27.7 Å². The van der Waals surface area contributed by atoms with E-state index in [1.807, 2.05) is 18.5 Å². The van der Waals surface area contributed by atoms with Gasteiger partial charge in [0.2, 0.25) is 0 Å². The molecule has 0 fully saturated rings. The number of nitriles is 1. The summed E-state index contributed by atoms with van der Waals surface area (Å²) in [5.41, 5.74) is 0.689. The van der Waals surface area contributed by atoms with Crippen LogP contribution < -0.4 is 5.32 Å². The number of rotatable bonds is 1. The molecule has 0 aromatic heterocycles. The summed E-state index contributed by atoms with van der Waals surface area (Å²) in [5, 5.41) is 12.1. The van der Waals surface area contributed by atoms with Crippen molar-refractivity contribution in [3.8, 4) is 6.19 Å². The average Bonchev–Trinajstić information content (AvgIpc) is 2.22. The number of hydrogen-bond donors (Lipinski definition) is 1. The number of amidine groups is 1. The zero-order valence-corrected chi connectivity index (χ0v) is 10.9. The van der Waals surface area contributed by atoms with Crippen molar-refractivity contribution in [1.29, 1.82) is 5.26 Å². The van der Waals surface area contributed by atoms with Gasteiger partial charge in [0.05, 0.1) is 5.69 Å². The van der Waals surface area contributed by atoms with Gasteiger partial charge in [-0.25, -0.2) is 4.99 Å². The summed E-state index contributed by atoms with van der Waals surface area (Å²) in [6.45, 7) is 0. The molecule has 1 aromatic carbocycles. The highest BCUT2D eigenvalue weighted by molar-refractivity contribution is 9.10. The molecule has 0 bridgehead atoms. The van der Waals surface area contributed by atoms with Crippen LogP contribution in [0.25, 0.3) is 0 Å². The Hall–Kier alpha value is -0.700. The fourth-order valence-corrected chi connectivity index (χ4v) is 1.69. The summed E-state index contributed by atoms with van der Waals surface area (Å²) in [7, 11) is 0. The highest BCUT2D eigenvalue weighted by Gasteiger charge is 2.01. The third kappa shape index (κ3) is 3.74. The van der Waals surface area contributed by atoms with Crippen molar-refractivity contribution in [3.05, 3.63) is 27.7 Å². The minimum absolute atomic E-state index is 0.528. The molecule has 1 aromatic rings. The van der Waals surface area contributed by atoms with Crippen LogP contribution in [-0.4, -0.2) is 11.4 Å². The predicted octanol–water partition coefficient (Wildman–Crippen LogP) is 3.52. The third-order valence-corrected chi connectivity index (χ3v) is 2.97. The largest absolute Gasteiger partial charge is 0.271 e. The molecule has 0 spiro atoms. The van der Waals surface area contributed by atoms with Crippen LogP contribution in [0.5, 0.6) is 0 Å². The molecule has 15 heavy (non-hydrogen) atoms. The van der Waals surface area contributed by atoms with Gasteiger partial charge >= 0.3 is 0 Å². The van der Waals surface area contributed by atoms with Crippen molar-refractivity contribution in [2.75, 3.05) is 6.26 Å². The predicted molar refractivity (Wildman–Crippen MR) is 68.5 cm³/mol. The van der Waals surface area contributed by atoms with E-state index in [-0.39, 0.29) is 0 Å². The van der Waals surface area contributed by atoms with E-state index in [9.17, 15) is 0 Å². The summed E-state index contributed by atoms with van der Waals surface area (Å²) in [5.74, 6) is 0. The van der Waals surface area contributed by atoms with E-state index >= 15 is 0 Å². The molecule has 0 saturated carbocycles. The van der Waals surface area contributed by atoms with Gasteiger partial charge in [0.15, 0.2) is 11.4 Å². The number of nitrogens with zero attached hydrogens (tertiary/aromatic N) is 2. The SMILES string of the molecule is CSC(=Nc1cc(Cl)ccc1Br)NC#N. The van der Waals surface area contributed by atoms with Crippen molar-refractivity contribution >= 4 is 50.1 Å². The molecule has 0 amide bonds.